The number of esters is 1. The van der Waals surface area contributed by atoms with E-state index >= 15 is 0 Å². The van der Waals surface area contributed by atoms with Gasteiger partial charge < -0.3 is 4.74 Å². The number of hydrogen-bond acceptors (Lipinski definition) is 4. The van der Waals surface area contributed by atoms with E-state index in [1.54, 1.807) is 0 Å². The third-order valence-electron chi connectivity index (χ3n) is 2.17. The van der Waals surface area contributed by atoms with E-state index in [-0.39, 0.29) is 12.1 Å². The maximum atomic E-state index is 12.7. The van der Waals surface area contributed by atoms with Gasteiger partial charge in [-0.15, -0.1) is 0 Å². The first-order chi connectivity index (χ1) is 9.49. The van der Waals surface area contributed by atoms with Gasteiger partial charge in [0.15, 0.2) is 0 Å². The molecule has 0 fully saturated rings. The van der Waals surface area contributed by atoms with Gasteiger partial charge in [0.25, 0.3) is 0 Å². The molecule has 0 aliphatic rings. The van der Waals surface area contributed by atoms with Crippen LogP contribution in [-0.2, 0) is 10.9 Å². The van der Waals surface area contributed by atoms with E-state index < -0.39 is 51.0 Å². The number of nitriles is 1. The molecule has 0 aliphatic carbocycles. The van der Waals surface area contributed by atoms with Crippen LogP contribution >= 0.6 is 11.8 Å². The fraction of sp³-hybridized carbons (Fsp3) is 0.273. The van der Waals surface area contributed by atoms with E-state index in [2.05, 4.69) is 4.74 Å². The van der Waals surface area contributed by atoms with Crippen molar-refractivity contribution in [2.75, 3.05) is 7.11 Å². The molecule has 0 heterocycles. The van der Waals surface area contributed by atoms with Crippen LogP contribution in [0.3, 0.4) is 0 Å². The Bertz CT molecular complexity index is 602. The van der Waals surface area contributed by atoms with Gasteiger partial charge in [-0.3, -0.25) is 0 Å². The van der Waals surface area contributed by atoms with Gasteiger partial charge in [0.05, 0.1) is 23.8 Å². The monoisotopic (exact) mass is 329 g/mol. The van der Waals surface area contributed by atoms with Crippen molar-refractivity contribution in [3.63, 3.8) is 0 Å². The van der Waals surface area contributed by atoms with Gasteiger partial charge in [-0.05, 0) is 23.9 Å². The third kappa shape index (κ3) is 4.29. The topological polar surface area (TPSA) is 50.1 Å². The van der Waals surface area contributed by atoms with Crippen molar-refractivity contribution < 1.29 is 35.9 Å². The van der Waals surface area contributed by atoms with Gasteiger partial charge in [-0.2, -0.15) is 31.6 Å². The van der Waals surface area contributed by atoms with Crippen molar-refractivity contribution in [2.45, 2.75) is 16.6 Å². The molecule has 0 unspecified atom stereocenters. The Hall–Kier alpha value is -1.89. The lowest BCUT2D eigenvalue weighted by molar-refractivity contribution is -0.137. The molecule has 21 heavy (non-hydrogen) atoms. The van der Waals surface area contributed by atoms with Crippen molar-refractivity contribution in [1.29, 1.82) is 5.26 Å². The molecule has 0 radical (unpaired) electrons. The summed E-state index contributed by atoms with van der Waals surface area (Å²) < 4.78 is 79.2. The van der Waals surface area contributed by atoms with Crippen LogP contribution in [0.4, 0.5) is 26.3 Å². The quantitative estimate of drug-likeness (QED) is 0.468. The molecular formula is C11H5F6NO2S. The summed E-state index contributed by atoms with van der Waals surface area (Å²) in [4.78, 5) is 10.3. The van der Waals surface area contributed by atoms with Gasteiger partial charge in [0.2, 0.25) is 0 Å². The Labute approximate surface area is 118 Å². The average molecular weight is 329 g/mol. The van der Waals surface area contributed by atoms with Crippen LogP contribution in [0.25, 0.3) is 0 Å². The number of ether oxygens (including phenoxy) is 1. The first kappa shape index (κ1) is 17.2. The molecule has 0 amide bonds. The zero-order chi connectivity index (χ0) is 16.4. The van der Waals surface area contributed by atoms with Crippen LogP contribution in [0, 0.1) is 11.3 Å². The minimum Gasteiger partial charge on any atom is -0.465 e. The molecule has 3 nitrogen and oxygen atoms in total. The Morgan fingerprint density at radius 2 is 1.81 bits per heavy atom. The van der Waals surface area contributed by atoms with Crippen molar-refractivity contribution in [2.24, 2.45) is 0 Å². The highest BCUT2D eigenvalue weighted by atomic mass is 32.2. The number of hydrogen-bond donors (Lipinski definition) is 0. The Morgan fingerprint density at radius 3 is 2.19 bits per heavy atom. The normalized spacial score (nSPS) is 11.9. The molecule has 1 rings (SSSR count). The lowest BCUT2D eigenvalue weighted by Gasteiger charge is -2.14. The number of alkyl halides is 6. The Kier molecular flexibility index (Phi) is 4.78. The maximum Gasteiger partial charge on any atom is 0.446 e. The second-order valence-corrected chi connectivity index (χ2v) is 4.65. The standard InChI is InChI=1S/C11H5F6NO2S/c1-20-9(19)6-2-5(10(12,13)14)3-8(7(6)4-18)21-11(15,16)17/h2-3H,1H3. The summed E-state index contributed by atoms with van der Waals surface area (Å²) in [6.07, 6.45) is -4.97. The molecule has 0 aliphatic heterocycles. The molecule has 10 heteroatoms. The first-order valence-electron chi connectivity index (χ1n) is 4.99. The number of carbonyl (C=O) groups is 1. The Balaban J connectivity index is 3.61. The fourth-order valence-corrected chi connectivity index (χ4v) is 2.06. The highest BCUT2D eigenvalue weighted by molar-refractivity contribution is 8.00. The summed E-state index contributed by atoms with van der Waals surface area (Å²) in [7, 11) is 0.834. The highest BCUT2D eigenvalue weighted by Gasteiger charge is 2.37. The number of halogens is 6. The number of benzene rings is 1. The van der Waals surface area contributed by atoms with Gasteiger partial charge in [-0.1, -0.05) is 0 Å². The van der Waals surface area contributed by atoms with Gasteiger partial charge in [0.1, 0.15) is 6.07 Å². The molecular weight excluding hydrogens is 324 g/mol. The molecule has 0 atom stereocenters. The van der Waals surface area contributed by atoms with E-state index in [4.69, 9.17) is 5.26 Å². The van der Waals surface area contributed by atoms with Crippen LogP contribution in [0.5, 0.6) is 0 Å². The first-order valence-corrected chi connectivity index (χ1v) is 5.80. The fourth-order valence-electron chi connectivity index (χ4n) is 1.37. The van der Waals surface area contributed by atoms with E-state index in [1.807, 2.05) is 0 Å². The summed E-state index contributed by atoms with van der Waals surface area (Å²) in [6, 6.07) is 1.74. The van der Waals surface area contributed by atoms with Crippen LogP contribution in [-0.4, -0.2) is 18.6 Å². The number of rotatable bonds is 2. The van der Waals surface area contributed by atoms with E-state index in [0.29, 0.717) is 0 Å². The molecule has 1 aromatic carbocycles. The minimum absolute atomic E-state index is 0.170. The van der Waals surface area contributed by atoms with Crippen molar-refractivity contribution in [3.05, 3.63) is 28.8 Å². The summed E-state index contributed by atoms with van der Waals surface area (Å²) in [5.74, 6) is -1.33. The summed E-state index contributed by atoms with van der Waals surface area (Å²) >= 11 is -0.906. The third-order valence-corrected chi connectivity index (χ3v) is 2.95. The molecule has 0 saturated heterocycles. The summed E-state index contributed by atoms with van der Waals surface area (Å²) in [5.41, 5.74) is -8.09. The number of carbonyl (C=O) groups excluding carboxylic acids is 1. The highest BCUT2D eigenvalue weighted by Crippen LogP contribution is 2.42. The largest absolute Gasteiger partial charge is 0.465 e. The van der Waals surface area contributed by atoms with Crippen LogP contribution in [0.2, 0.25) is 0 Å². The predicted octanol–water partition coefficient (Wildman–Crippen LogP) is 3.98. The SMILES string of the molecule is COC(=O)c1cc(C(F)(F)F)cc(SC(F)(F)F)c1C#N. The van der Waals surface area contributed by atoms with Crippen LogP contribution in [0.15, 0.2) is 17.0 Å². The number of nitrogens with zero attached hydrogens (tertiary/aromatic N) is 1. The molecule has 114 valence electrons. The van der Waals surface area contributed by atoms with E-state index in [1.165, 1.54) is 6.07 Å². The molecule has 0 saturated carbocycles. The van der Waals surface area contributed by atoms with Gasteiger partial charge in [0, 0.05) is 4.90 Å². The average Bonchev–Trinajstić information content (AvgIpc) is 2.33. The van der Waals surface area contributed by atoms with Crippen LogP contribution in [0.1, 0.15) is 21.5 Å². The van der Waals surface area contributed by atoms with E-state index in [9.17, 15) is 31.1 Å². The van der Waals surface area contributed by atoms with Gasteiger partial charge in [-0.25, -0.2) is 4.79 Å². The van der Waals surface area contributed by atoms with E-state index in [0.717, 1.165) is 7.11 Å². The predicted molar refractivity (Wildman–Crippen MR) is 59.4 cm³/mol. The molecule has 0 spiro atoms. The molecule has 0 aromatic heterocycles. The van der Waals surface area contributed by atoms with Crippen molar-refractivity contribution in [1.82, 2.24) is 0 Å². The van der Waals surface area contributed by atoms with Gasteiger partial charge >= 0.3 is 17.7 Å². The minimum atomic E-state index is -4.97. The second-order valence-electron chi connectivity index (χ2n) is 3.55. The zero-order valence-corrected chi connectivity index (χ0v) is 10.9. The van der Waals surface area contributed by atoms with Crippen LogP contribution < -0.4 is 0 Å². The summed E-state index contributed by atoms with van der Waals surface area (Å²) in [6.45, 7) is 0. The number of methoxy groups -OCH3 is 1. The zero-order valence-electron chi connectivity index (χ0n) is 10.1. The van der Waals surface area contributed by atoms with Crippen molar-refractivity contribution in [3.8, 4) is 6.07 Å². The summed E-state index contributed by atoms with van der Waals surface area (Å²) in [5, 5.41) is 8.81. The lowest BCUT2D eigenvalue weighted by atomic mass is 10.0. The lowest BCUT2D eigenvalue weighted by Crippen LogP contribution is -2.12. The second kappa shape index (κ2) is 5.85. The number of thioether (sulfide) groups is 1. The molecule has 1 aromatic rings. The Morgan fingerprint density at radius 1 is 1.24 bits per heavy atom. The maximum absolute atomic E-state index is 12.7. The molecule has 0 N–H and O–H groups in total. The molecule has 0 bridgehead atoms. The van der Waals surface area contributed by atoms with Crippen molar-refractivity contribution >= 4 is 17.7 Å². The smallest absolute Gasteiger partial charge is 0.446 e.